The monoisotopic (exact) mass is 602 g/mol. The molecule has 0 saturated heterocycles. The van der Waals surface area contributed by atoms with Crippen LogP contribution in [0.1, 0.15) is 13.3 Å². The van der Waals surface area contributed by atoms with Crippen molar-refractivity contribution in [2.45, 2.75) is 55.1 Å². The number of carbonyl (C=O) groups excluding carboxylic acids is 1. The van der Waals surface area contributed by atoms with Gasteiger partial charge in [0, 0.05) is 12.2 Å². The number of ether oxygens (including phenoxy) is 1. The summed E-state index contributed by atoms with van der Waals surface area (Å²) in [6.45, 7) is 1.49. The Balaban J connectivity index is 5.46. The van der Waals surface area contributed by atoms with Gasteiger partial charge in [-0.2, -0.15) is 77.6 Å². The second kappa shape index (κ2) is 11.1. The molecule has 0 N–H and O–H groups in total. The summed E-state index contributed by atoms with van der Waals surface area (Å²) in [6, 6.07) is 0. The smallest absolute Gasteiger partial charge is 0.459 e. The molecule has 0 aliphatic carbocycles. The number of quaternary nitrogens is 1. The van der Waals surface area contributed by atoms with Crippen molar-refractivity contribution >= 4 is 17.7 Å². The van der Waals surface area contributed by atoms with E-state index in [1.54, 1.807) is 21.1 Å². The van der Waals surface area contributed by atoms with E-state index in [9.17, 15) is 70.7 Å². The standard InChI is InChI=1S/C18H23F15NO2S/c1-10(11(35)36-7-6-34(2,3)4)9-37-8-5-12(19,20)13(21,22)14(23,24)15(25,26)16(27,28)17(29,30)18(31,32)33/h10H,5-9H2,1-4H3/q+1. The third-order valence-corrected chi connectivity index (χ3v) is 5.96. The Morgan fingerprint density at radius 1 is 0.730 bits per heavy atom. The molecular formula is C18H23F15NO2S+. The lowest BCUT2D eigenvalue weighted by Gasteiger charge is -2.41. The number of likely N-dealkylation sites (N-methyl/N-ethyl adjacent to an activating group) is 1. The Morgan fingerprint density at radius 3 is 1.54 bits per heavy atom. The maximum Gasteiger partial charge on any atom is 0.460 e. The summed E-state index contributed by atoms with van der Waals surface area (Å²) in [5, 5.41) is 0. The summed E-state index contributed by atoms with van der Waals surface area (Å²) in [5.41, 5.74) is 0. The maximum absolute atomic E-state index is 13.8. The molecule has 0 aliphatic heterocycles. The van der Waals surface area contributed by atoms with Crippen LogP contribution in [-0.4, -0.2) is 98.0 Å². The van der Waals surface area contributed by atoms with Crippen LogP contribution in [-0.2, 0) is 9.53 Å². The fraction of sp³-hybridized carbons (Fsp3) is 0.944. The summed E-state index contributed by atoms with van der Waals surface area (Å²) in [6.07, 6.45) is -10.1. The molecule has 0 aromatic heterocycles. The van der Waals surface area contributed by atoms with E-state index in [0.717, 1.165) is 0 Å². The second-order valence-electron chi connectivity index (χ2n) is 8.98. The molecule has 0 rings (SSSR count). The summed E-state index contributed by atoms with van der Waals surface area (Å²) >= 11 is 0.236. The van der Waals surface area contributed by atoms with Gasteiger partial charge in [0.25, 0.3) is 0 Å². The van der Waals surface area contributed by atoms with Crippen molar-refractivity contribution in [1.29, 1.82) is 0 Å². The minimum absolute atomic E-state index is 0.0665. The van der Waals surface area contributed by atoms with Crippen molar-refractivity contribution in [2.75, 3.05) is 45.8 Å². The molecule has 0 aliphatic rings. The lowest BCUT2D eigenvalue weighted by molar-refractivity contribution is -0.870. The van der Waals surface area contributed by atoms with E-state index in [0.29, 0.717) is 11.0 Å². The highest BCUT2D eigenvalue weighted by Crippen LogP contribution is 2.62. The van der Waals surface area contributed by atoms with Crippen LogP contribution in [0.15, 0.2) is 0 Å². The number of hydrogen-bond donors (Lipinski definition) is 0. The van der Waals surface area contributed by atoms with Crippen molar-refractivity contribution in [3.8, 4) is 0 Å². The summed E-state index contributed by atoms with van der Waals surface area (Å²) < 4.78 is 202. The number of hydrogen-bond acceptors (Lipinski definition) is 3. The molecule has 0 amide bonds. The summed E-state index contributed by atoms with van der Waals surface area (Å²) in [4.78, 5) is 11.8. The number of rotatable bonds is 14. The van der Waals surface area contributed by atoms with Crippen LogP contribution in [0.3, 0.4) is 0 Å². The molecule has 1 unspecified atom stereocenters. The third-order valence-electron chi connectivity index (χ3n) is 4.73. The van der Waals surface area contributed by atoms with E-state index in [-0.39, 0.29) is 18.4 Å². The van der Waals surface area contributed by atoms with Crippen LogP contribution in [0, 0.1) is 5.92 Å². The number of carbonyl (C=O) groups is 1. The first-order chi connectivity index (χ1) is 16.0. The van der Waals surface area contributed by atoms with E-state index in [1.807, 2.05) is 0 Å². The molecule has 0 aromatic carbocycles. The molecule has 37 heavy (non-hydrogen) atoms. The molecule has 0 saturated carbocycles. The van der Waals surface area contributed by atoms with Crippen LogP contribution >= 0.6 is 11.8 Å². The van der Waals surface area contributed by atoms with E-state index >= 15 is 0 Å². The highest BCUT2D eigenvalue weighted by Gasteiger charge is 2.93. The van der Waals surface area contributed by atoms with Gasteiger partial charge in [0.1, 0.15) is 13.2 Å². The van der Waals surface area contributed by atoms with Crippen LogP contribution in [0.4, 0.5) is 65.9 Å². The summed E-state index contributed by atoms with van der Waals surface area (Å²) in [5.74, 6) is -50.0. The molecule has 1 atom stereocenters. The Hall–Kier alpha value is -1.27. The minimum atomic E-state index is -8.29. The Morgan fingerprint density at radius 2 is 1.14 bits per heavy atom. The van der Waals surface area contributed by atoms with E-state index in [1.165, 1.54) is 6.92 Å². The minimum Gasteiger partial charge on any atom is -0.459 e. The van der Waals surface area contributed by atoms with Gasteiger partial charge in [-0.05, 0) is 5.75 Å². The number of alkyl halides is 15. The first-order valence-electron chi connectivity index (χ1n) is 9.89. The van der Waals surface area contributed by atoms with Crippen molar-refractivity contribution < 1.29 is 79.9 Å². The number of nitrogens with zero attached hydrogens (tertiary/aromatic N) is 1. The first kappa shape index (κ1) is 35.7. The quantitative estimate of drug-likeness (QED) is 0.100. The lowest BCUT2D eigenvalue weighted by atomic mass is 9.90. The number of esters is 1. The molecule has 0 bridgehead atoms. The highest BCUT2D eigenvalue weighted by atomic mass is 32.2. The average Bonchev–Trinajstić information content (AvgIpc) is 2.68. The largest absolute Gasteiger partial charge is 0.460 e. The van der Waals surface area contributed by atoms with Crippen LogP contribution in [0.25, 0.3) is 0 Å². The van der Waals surface area contributed by atoms with Gasteiger partial charge in [-0.3, -0.25) is 4.79 Å². The molecule has 0 aromatic rings. The molecule has 222 valence electrons. The zero-order chi connectivity index (χ0) is 30.1. The Bertz CT molecular complexity index is 778. The van der Waals surface area contributed by atoms with Gasteiger partial charge in [0.15, 0.2) is 0 Å². The zero-order valence-electron chi connectivity index (χ0n) is 19.5. The van der Waals surface area contributed by atoms with Gasteiger partial charge in [-0.1, -0.05) is 6.92 Å². The van der Waals surface area contributed by atoms with E-state index < -0.39 is 71.5 Å². The fourth-order valence-electron chi connectivity index (χ4n) is 2.25. The van der Waals surface area contributed by atoms with Crippen molar-refractivity contribution in [2.24, 2.45) is 5.92 Å². The molecule has 3 nitrogen and oxygen atoms in total. The van der Waals surface area contributed by atoms with Gasteiger partial charge in [0.05, 0.1) is 27.1 Å². The first-order valence-corrected chi connectivity index (χ1v) is 11.0. The second-order valence-corrected chi connectivity index (χ2v) is 10.1. The molecule has 0 heterocycles. The zero-order valence-corrected chi connectivity index (χ0v) is 20.3. The number of halogens is 15. The van der Waals surface area contributed by atoms with E-state index in [2.05, 4.69) is 0 Å². The molecule has 0 spiro atoms. The van der Waals surface area contributed by atoms with Crippen LogP contribution < -0.4 is 0 Å². The topological polar surface area (TPSA) is 26.3 Å². The predicted molar refractivity (Wildman–Crippen MR) is 101 cm³/mol. The van der Waals surface area contributed by atoms with Gasteiger partial charge >= 0.3 is 47.7 Å². The molecular weight excluding hydrogens is 579 g/mol. The van der Waals surface area contributed by atoms with Crippen molar-refractivity contribution in [1.82, 2.24) is 0 Å². The molecule has 0 radical (unpaired) electrons. The fourth-order valence-corrected chi connectivity index (χ4v) is 3.30. The van der Waals surface area contributed by atoms with Crippen LogP contribution in [0.2, 0.25) is 0 Å². The Labute approximate surface area is 205 Å². The van der Waals surface area contributed by atoms with Gasteiger partial charge < -0.3 is 9.22 Å². The highest BCUT2D eigenvalue weighted by molar-refractivity contribution is 7.99. The van der Waals surface area contributed by atoms with Crippen LogP contribution in [0.5, 0.6) is 0 Å². The molecule has 0 fully saturated rings. The predicted octanol–water partition coefficient (Wildman–Crippen LogP) is 6.37. The molecule has 19 heteroatoms. The normalized spacial score (nSPS) is 16.1. The third kappa shape index (κ3) is 7.23. The maximum atomic E-state index is 13.8. The number of thioether (sulfide) groups is 1. The average molecular weight is 602 g/mol. The van der Waals surface area contributed by atoms with Crippen molar-refractivity contribution in [3.05, 3.63) is 0 Å². The van der Waals surface area contributed by atoms with Gasteiger partial charge in [-0.15, -0.1) is 0 Å². The Kier molecular flexibility index (Phi) is 10.7. The summed E-state index contributed by atoms with van der Waals surface area (Å²) in [7, 11) is 5.27. The SMILES string of the molecule is CC(CSCCC(F)(F)C(F)(F)C(F)(F)C(F)(F)C(F)(F)C(F)(F)C(F)(F)F)C(=O)OCC[N+](C)(C)C. The van der Waals surface area contributed by atoms with Gasteiger partial charge in [0.2, 0.25) is 0 Å². The lowest BCUT2D eigenvalue weighted by Crippen LogP contribution is -2.72. The van der Waals surface area contributed by atoms with E-state index in [4.69, 9.17) is 4.74 Å². The van der Waals surface area contributed by atoms with Gasteiger partial charge in [-0.25, -0.2) is 0 Å². The van der Waals surface area contributed by atoms with Crippen molar-refractivity contribution in [3.63, 3.8) is 0 Å².